The zero-order valence-corrected chi connectivity index (χ0v) is 20.8. The van der Waals surface area contributed by atoms with Crippen molar-refractivity contribution in [1.29, 1.82) is 0 Å². The molecule has 0 amide bonds. The number of piperidine rings is 1. The maximum Gasteiger partial charge on any atom is 0.271 e. The lowest BCUT2D eigenvalue weighted by Gasteiger charge is -2.34. The summed E-state index contributed by atoms with van der Waals surface area (Å²) in [4.78, 5) is 6.03. The van der Waals surface area contributed by atoms with Gasteiger partial charge in [0.25, 0.3) is 10.0 Å². The number of H-pyrrole nitrogens is 1. The fourth-order valence-electron chi connectivity index (χ4n) is 5.68. The van der Waals surface area contributed by atoms with E-state index in [1.165, 1.54) is 42.7 Å². The summed E-state index contributed by atoms with van der Waals surface area (Å²) in [5, 5.41) is 2.61. The molecule has 0 saturated carbocycles. The molecule has 4 aromatic rings. The molecule has 2 fully saturated rings. The number of benzene rings is 2. The van der Waals surface area contributed by atoms with Gasteiger partial charge in [0.05, 0.1) is 0 Å². The summed E-state index contributed by atoms with van der Waals surface area (Å²) >= 11 is 7.41. The van der Waals surface area contributed by atoms with E-state index in [1.54, 1.807) is 6.07 Å². The first-order chi connectivity index (χ1) is 15.9. The summed E-state index contributed by atoms with van der Waals surface area (Å²) in [7, 11) is -3.71. The Labute approximate surface area is 202 Å². The van der Waals surface area contributed by atoms with Crippen molar-refractivity contribution in [3.05, 3.63) is 58.7 Å². The molecular weight excluding hydrogens is 474 g/mol. The van der Waals surface area contributed by atoms with Crippen LogP contribution in [0.15, 0.2) is 46.8 Å². The summed E-state index contributed by atoms with van der Waals surface area (Å²) in [6.07, 6.45) is 7.07. The van der Waals surface area contributed by atoms with Crippen LogP contribution < -0.4 is 4.72 Å². The molecular formula is C25H26ClN3O2S2. The quantitative estimate of drug-likeness (QED) is 0.337. The Bertz CT molecular complexity index is 1470. The maximum atomic E-state index is 13.3. The second kappa shape index (κ2) is 8.01. The van der Waals surface area contributed by atoms with Crippen molar-refractivity contribution >= 4 is 59.6 Å². The monoisotopic (exact) mass is 499 g/mol. The standard InChI is InChI=1S/C25H26ClN3O2S2/c1-15-20-12-17(26)4-7-24(20)32-25(15)33(30,31)28-18-5-6-23-21(13-18)22(14-27-23)16-8-10-29-9-2-3-19(29)11-16/h4-7,12-14,16,19,27-28H,2-3,8-11H2,1H3. The minimum absolute atomic E-state index is 0.336. The van der Waals surface area contributed by atoms with Crippen molar-refractivity contribution < 1.29 is 8.42 Å². The molecule has 8 heteroatoms. The fourth-order valence-corrected chi connectivity index (χ4v) is 8.65. The van der Waals surface area contributed by atoms with E-state index >= 15 is 0 Å². The summed E-state index contributed by atoms with van der Waals surface area (Å²) in [6, 6.07) is 12.0. The summed E-state index contributed by atoms with van der Waals surface area (Å²) in [5.41, 5.74) is 3.69. The predicted molar refractivity (Wildman–Crippen MR) is 137 cm³/mol. The highest BCUT2D eigenvalue weighted by Gasteiger charge is 2.33. The Morgan fingerprint density at radius 3 is 2.88 bits per heavy atom. The van der Waals surface area contributed by atoms with Gasteiger partial charge in [-0.3, -0.25) is 4.72 Å². The number of aromatic amines is 1. The number of rotatable bonds is 4. The Morgan fingerprint density at radius 2 is 2.00 bits per heavy atom. The molecule has 2 aromatic carbocycles. The number of hydrogen-bond donors (Lipinski definition) is 2. The van der Waals surface area contributed by atoms with Crippen LogP contribution in [0.25, 0.3) is 21.0 Å². The molecule has 0 bridgehead atoms. The third-order valence-electron chi connectivity index (χ3n) is 7.32. The molecule has 4 heterocycles. The van der Waals surface area contributed by atoms with Gasteiger partial charge >= 0.3 is 0 Å². The number of halogens is 1. The Hall–Kier alpha value is -2.06. The topological polar surface area (TPSA) is 65.2 Å². The summed E-state index contributed by atoms with van der Waals surface area (Å²) < 4.78 is 30.7. The SMILES string of the molecule is Cc1c(S(=O)(=O)Nc2ccc3[nH]cc(C4CCN5CCCC5C4)c3c2)sc2ccc(Cl)cc12. The molecule has 2 N–H and O–H groups in total. The number of aromatic nitrogens is 1. The van der Waals surface area contributed by atoms with Crippen LogP contribution in [0.1, 0.15) is 42.7 Å². The average Bonchev–Trinajstić information content (AvgIpc) is 3.50. The van der Waals surface area contributed by atoms with Crippen LogP contribution >= 0.6 is 22.9 Å². The largest absolute Gasteiger partial charge is 0.361 e. The first-order valence-corrected chi connectivity index (χ1v) is 14.1. The van der Waals surface area contributed by atoms with Crippen molar-refractivity contribution in [2.75, 3.05) is 17.8 Å². The van der Waals surface area contributed by atoms with E-state index in [1.807, 2.05) is 37.3 Å². The van der Waals surface area contributed by atoms with Crippen molar-refractivity contribution in [2.45, 2.75) is 48.8 Å². The molecule has 2 aromatic heterocycles. The number of hydrogen-bond acceptors (Lipinski definition) is 4. The number of sulfonamides is 1. The molecule has 6 rings (SSSR count). The molecule has 0 spiro atoms. The second-order valence-corrected chi connectivity index (χ2v) is 12.7. The van der Waals surface area contributed by atoms with Gasteiger partial charge in [-0.2, -0.15) is 0 Å². The Kier molecular flexibility index (Phi) is 5.21. The van der Waals surface area contributed by atoms with E-state index in [0.717, 1.165) is 39.5 Å². The predicted octanol–water partition coefficient (Wildman–Crippen LogP) is 6.49. The van der Waals surface area contributed by atoms with Crippen LogP contribution in [0.2, 0.25) is 5.02 Å². The van der Waals surface area contributed by atoms with Gasteiger partial charge in [0, 0.05) is 38.6 Å². The maximum absolute atomic E-state index is 13.3. The normalized spacial score (nSPS) is 21.6. The number of nitrogens with zero attached hydrogens (tertiary/aromatic N) is 1. The Balaban J connectivity index is 1.32. The van der Waals surface area contributed by atoms with Crippen molar-refractivity contribution in [3.8, 4) is 0 Å². The van der Waals surface area contributed by atoms with E-state index in [9.17, 15) is 8.42 Å². The minimum atomic E-state index is -3.71. The third-order valence-corrected chi connectivity index (χ3v) is 10.8. The van der Waals surface area contributed by atoms with Crippen LogP contribution in [0.4, 0.5) is 5.69 Å². The lowest BCUT2D eigenvalue weighted by atomic mass is 9.85. The molecule has 2 aliphatic heterocycles. The van der Waals surface area contributed by atoms with Crippen LogP contribution in [-0.2, 0) is 10.0 Å². The van der Waals surface area contributed by atoms with Crippen LogP contribution in [-0.4, -0.2) is 37.4 Å². The highest BCUT2D eigenvalue weighted by molar-refractivity contribution is 7.94. The number of anilines is 1. The second-order valence-electron chi connectivity index (χ2n) is 9.32. The van der Waals surface area contributed by atoms with E-state index < -0.39 is 10.0 Å². The lowest BCUT2D eigenvalue weighted by Crippen LogP contribution is -2.37. The molecule has 2 aliphatic rings. The fraction of sp³-hybridized carbons (Fsp3) is 0.360. The van der Waals surface area contributed by atoms with E-state index in [2.05, 4.69) is 20.8 Å². The van der Waals surface area contributed by atoms with Crippen molar-refractivity contribution in [3.63, 3.8) is 0 Å². The summed E-state index contributed by atoms with van der Waals surface area (Å²) in [6.45, 7) is 4.23. The molecule has 5 nitrogen and oxygen atoms in total. The smallest absolute Gasteiger partial charge is 0.271 e. The zero-order chi connectivity index (χ0) is 22.7. The van der Waals surface area contributed by atoms with Gasteiger partial charge in [0.15, 0.2) is 0 Å². The first-order valence-electron chi connectivity index (χ1n) is 11.5. The van der Waals surface area contributed by atoms with Gasteiger partial charge in [-0.05, 0) is 105 Å². The number of thiophene rings is 1. The lowest BCUT2D eigenvalue weighted by molar-refractivity contribution is 0.181. The van der Waals surface area contributed by atoms with E-state index in [0.29, 0.717) is 26.9 Å². The highest BCUT2D eigenvalue weighted by Crippen LogP contribution is 2.40. The van der Waals surface area contributed by atoms with Gasteiger partial charge in [-0.1, -0.05) is 11.6 Å². The molecule has 2 atom stereocenters. The van der Waals surface area contributed by atoms with Crippen LogP contribution in [0, 0.1) is 6.92 Å². The van der Waals surface area contributed by atoms with Gasteiger partial charge in [-0.25, -0.2) is 8.42 Å². The highest BCUT2D eigenvalue weighted by atomic mass is 35.5. The van der Waals surface area contributed by atoms with Crippen molar-refractivity contribution in [1.82, 2.24) is 9.88 Å². The Morgan fingerprint density at radius 1 is 1.12 bits per heavy atom. The number of aryl methyl sites for hydroxylation is 1. The summed E-state index contributed by atoms with van der Waals surface area (Å²) in [5.74, 6) is 0.513. The van der Waals surface area contributed by atoms with E-state index in [4.69, 9.17) is 11.6 Å². The molecule has 2 saturated heterocycles. The van der Waals surface area contributed by atoms with Gasteiger partial charge in [0.1, 0.15) is 4.21 Å². The minimum Gasteiger partial charge on any atom is -0.361 e. The average molecular weight is 500 g/mol. The molecule has 0 radical (unpaired) electrons. The molecule has 2 unspecified atom stereocenters. The van der Waals surface area contributed by atoms with Gasteiger partial charge in [0.2, 0.25) is 0 Å². The van der Waals surface area contributed by atoms with Crippen molar-refractivity contribution in [2.24, 2.45) is 0 Å². The van der Waals surface area contributed by atoms with Crippen LogP contribution in [0.5, 0.6) is 0 Å². The number of nitrogens with one attached hydrogen (secondary N) is 2. The molecule has 0 aliphatic carbocycles. The first kappa shape index (κ1) is 21.5. The zero-order valence-electron chi connectivity index (χ0n) is 18.4. The van der Waals surface area contributed by atoms with Gasteiger partial charge < -0.3 is 9.88 Å². The molecule has 33 heavy (non-hydrogen) atoms. The molecule has 172 valence electrons. The van der Waals surface area contributed by atoms with E-state index in [-0.39, 0.29) is 0 Å². The number of fused-ring (bicyclic) bond motifs is 3. The van der Waals surface area contributed by atoms with Gasteiger partial charge in [-0.15, -0.1) is 11.3 Å². The van der Waals surface area contributed by atoms with Crippen LogP contribution in [0.3, 0.4) is 0 Å². The third kappa shape index (κ3) is 3.75.